The van der Waals surface area contributed by atoms with Crippen molar-refractivity contribution < 1.29 is 13.5 Å². The van der Waals surface area contributed by atoms with Gasteiger partial charge in [0.1, 0.15) is 0 Å². The van der Waals surface area contributed by atoms with Gasteiger partial charge in [0.25, 0.3) is 0 Å². The predicted molar refractivity (Wildman–Crippen MR) is 60.0 cm³/mol. The maximum Gasteiger partial charge on any atom is 0.211 e. The SMILES string of the molecule is CCCS(=O)(=O)NC1CCCC1(C)CO. The molecule has 0 spiro atoms. The second-order valence-corrected chi connectivity index (χ2v) is 6.57. The molecule has 1 fully saturated rings. The first kappa shape index (κ1) is 12.9. The van der Waals surface area contributed by atoms with Gasteiger partial charge in [0.2, 0.25) is 10.0 Å². The highest BCUT2D eigenvalue weighted by Crippen LogP contribution is 2.37. The summed E-state index contributed by atoms with van der Waals surface area (Å²) in [6.07, 6.45) is 3.33. The maximum absolute atomic E-state index is 11.6. The van der Waals surface area contributed by atoms with Crippen LogP contribution in [0.1, 0.15) is 39.5 Å². The number of rotatable bonds is 5. The van der Waals surface area contributed by atoms with Crippen LogP contribution in [-0.4, -0.2) is 31.9 Å². The van der Waals surface area contributed by atoms with Gasteiger partial charge in [0.05, 0.1) is 5.75 Å². The highest BCUT2D eigenvalue weighted by atomic mass is 32.2. The Morgan fingerprint density at radius 1 is 1.53 bits per heavy atom. The highest BCUT2D eigenvalue weighted by molar-refractivity contribution is 7.89. The molecule has 0 saturated heterocycles. The Bertz CT molecular complexity index is 302. The Kier molecular flexibility index (Phi) is 4.14. The van der Waals surface area contributed by atoms with Crippen molar-refractivity contribution in [3.05, 3.63) is 0 Å². The zero-order chi connectivity index (χ0) is 11.5. The second kappa shape index (κ2) is 4.80. The molecular weight excluding hydrogens is 214 g/mol. The van der Waals surface area contributed by atoms with Crippen molar-refractivity contribution in [2.24, 2.45) is 5.41 Å². The quantitative estimate of drug-likeness (QED) is 0.743. The third-order valence-corrected chi connectivity index (χ3v) is 4.83. The zero-order valence-electron chi connectivity index (χ0n) is 9.49. The average molecular weight is 235 g/mol. The summed E-state index contributed by atoms with van der Waals surface area (Å²) in [5.74, 6) is 0.172. The van der Waals surface area contributed by atoms with Gasteiger partial charge in [-0.05, 0) is 19.3 Å². The molecule has 0 aromatic heterocycles. The molecule has 2 atom stereocenters. The number of hydrogen-bond donors (Lipinski definition) is 2. The summed E-state index contributed by atoms with van der Waals surface area (Å²) in [5.41, 5.74) is -0.277. The summed E-state index contributed by atoms with van der Waals surface area (Å²) in [7, 11) is -3.16. The molecule has 0 radical (unpaired) electrons. The Labute approximate surface area is 92.1 Å². The number of hydrogen-bond acceptors (Lipinski definition) is 3. The summed E-state index contributed by atoms with van der Waals surface area (Å²) < 4.78 is 25.9. The molecule has 2 unspecified atom stereocenters. The predicted octanol–water partition coefficient (Wildman–Crippen LogP) is 0.867. The summed E-state index contributed by atoms with van der Waals surface area (Å²) in [5, 5.41) is 9.29. The number of sulfonamides is 1. The van der Waals surface area contributed by atoms with Crippen LogP contribution < -0.4 is 4.72 Å². The van der Waals surface area contributed by atoms with Crippen LogP contribution in [0.5, 0.6) is 0 Å². The van der Waals surface area contributed by atoms with Crippen LogP contribution in [-0.2, 0) is 10.0 Å². The van der Waals surface area contributed by atoms with Crippen molar-refractivity contribution in [3.63, 3.8) is 0 Å². The third kappa shape index (κ3) is 3.16. The number of aliphatic hydroxyl groups excluding tert-OH is 1. The minimum absolute atomic E-state index is 0.0479. The summed E-state index contributed by atoms with van der Waals surface area (Å²) >= 11 is 0. The van der Waals surface area contributed by atoms with Gasteiger partial charge in [-0.1, -0.05) is 20.3 Å². The first-order chi connectivity index (χ1) is 6.93. The van der Waals surface area contributed by atoms with E-state index >= 15 is 0 Å². The van der Waals surface area contributed by atoms with Gasteiger partial charge >= 0.3 is 0 Å². The van der Waals surface area contributed by atoms with Gasteiger partial charge in [-0.2, -0.15) is 0 Å². The van der Waals surface area contributed by atoms with E-state index in [1.807, 2.05) is 13.8 Å². The fourth-order valence-corrected chi connectivity index (χ4v) is 3.66. The lowest BCUT2D eigenvalue weighted by atomic mass is 9.86. The Morgan fingerprint density at radius 2 is 2.20 bits per heavy atom. The molecule has 1 aliphatic carbocycles. The molecule has 0 bridgehead atoms. The van der Waals surface area contributed by atoms with E-state index in [2.05, 4.69) is 4.72 Å². The Morgan fingerprint density at radius 3 is 2.73 bits per heavy atom. The van der Waals surface area contributed by atoms with Crippen molar-refractivity contribution in [2.75, 3.05) is 12.4 Å². The fraction of sp³-hybridized carbons (Fsp3) is 1.00. The van der Waals surface area contributed by atoms with Gasteiger partial charge in [0, 0.05) is 18.1 Å². The average Bonchev–Trinajstić information content (AvgIpc) is 2.48. The molecule has 0 aromatic carbocycles. The topological polar surface area (TPSA) is 66.4 Å². The molecule has 2 N–H and O–H groups in total. The van der Waals surface area contributed by atoms with E-state index in [4.69, 9.17) is 0 Å². The lowest BCUT2D eigenvalue weighted by molar-refractivity contribution is 0.127. The summed E-state index contributed by atoms with van der Waals surface area (Å²) in [4.78, 5) is 0. The third-order valence-electron chi connectivity index (χ3n) is 3.24. The molecule has 0 aliphatic heterocycles. The van der Waals surface area contributed by atoms with Crippen LogP contribution in [0, 0.1) is 5.41 Å². The number of nitrogens with one attached hydrogen (secondary N) is 1. The smallest absolute Gasteiger partial charge is 0.211 e. The monoisotopic (exact) mass is 235 g/mol. The maximum atomic E-state index is 11.6. The molecular formula is C10H21NO3S. The van der Waals surface area contributed by atoms with Crippen molar-refractivity contribution in [1.29, 1.82) is 0 Å². The Balaban J connectivity index is 2.66. The normalized spacial score (nSPS) is 32.1. The number of aliphatic hydroxyl groups is 1. The fourth-order valence-electron chi connectivity index (χ4n) is 2.17. The van der Waals surface area contributed by atoms with Gasteiger partial charge < -0.3 is 5.11 Å². The lowest BCUT2D eigenvalue weighted by Gasteiger charge is -2.29. The van der Waals surface area contributed by atoms with E-state index in [1.54, 1.807) is 0 Å². The standard InChI is InChI=1S/C10H21NO3S/c1-3-7-15(13,14)11-9-5-4-6-10(9,2)8-12/h9,11-12H,3-8H2,1-2H3. The molecule has 1 rings (SSSR count). The van der Waals surface area contributed by atoms with Crippen molar-refractivity contribution in [3.8, 4) is 0 Å². The molecule has 4 nitrogen and oxygen atoms in total. The highest BCUT2D eigenvalue weighted by Gasteiger charge is 2.39. The summed E-state index contributed by atoms with van der Waals surface area (Å²) in [6.45, 7) is 3.84. The van der Waals surface area contributed by atoms with Gasteiger partial charge in [0.15, 0.2) is 0 Å². The van der Waals surface area contributed by atoms with E-state index in [0.717, 1.165) is 19.3 Å². The van der Waals surface area contributed by atoms with E-state index in [1.165, 1.54) is 0 Å². The van der Waals surface area contributed by atoms with Gasteiger partial charge in [-0.3, -0.25) is 0 Å². The van der Waals surface area contributed by atoms with Crippen LogP contribution in [0.4, 0.5) is 0 Å². The first-order valence-corrected chi connectivity index (χ1v) is 7.19. The van der Waals surface area contributed by atoms with E-state index in [9.17, 15) is 13.5 Å². The van der Waals surface area contributed by atoms with Crippen molar-refractivity contribution in [2.45, 2.75) is 45.6 Å². The molecule has 15 heavy (non-hydrogen) atoms. The van der Waals surface area contributed by atoms with Crippen LogP contribution in [0.15, 0.2) is 0 Å². The van der Waals surface area contributed by atoms with Crippen LogP contribution in [0.25, 0.3) is 0 Å². The largest absolute Gasteiger partial charge is 0.396 e. The van der Waals surface area contributed by atoms with Crippen LogP contribution >= 0.6 is 0 Å². The molecule has 1 aliphatic rings. The van der Waals surface area contributed by atoms with Crippen LogP contribution in [0.2, 0.25) is 0 Å². The van der Waals surface area contributed by atoms with Gasteiger partial charge in [-0.25, -0.2) is 13.1 Å². The molecule has 1 saturated carbocycles. The van der Waals surface area contributed by atoms with Crippen molar-refractivity contribution >= 4 is 10.0 Å². The Hall–Kier alpha value is -0.130. The molecule has 90 valence electrons. The minimum atomic E-state index is -3.16. The minimum Gasteiger partial charge on any atom is -0.396 e. The van der Waals surface area contributed by atoms with Gasteiger partial charge in [-0.15, -0.1) is 0 Å². The van der Waals surface area contributed by atoms with E-state index < -0.39 is 10.0 Å². The van der Waals surface area contributed by atoms with E-state index in [-0.39, 0.29) is 23.8 Å². The zero-order valence-corrected chi connectivity index (χ0v) is 10.3. The lowest BCUT2D eigenvalue weighted by Crippen LogP contribution is -2.45. The van der Waals surface area contributed by atoms with E-state index in [0.29, 0.717) is 6.42 Å². The molecule has 0 aromatic rings. The summed E-state index contributed by atoms with van der Waals surface area (Å²) in [6, 6.07) is -0.0981. The second-order valence-electron chi connectivity index (χ2n) is 4.69. The molecule has 0 amide bonds. The first-order valence-electron chi connectivity index (χ1n) is 5.54. The molecule has 0 heterocycles. The molecule has 5 heteroatoms. The van der Waals surface area contributed by atoms with Crippen LogP contribution in [0.3, 0.4) is 0 Å². The van der Waals surface area contributed by atoms with Crippen molar-refractivity contribution in [1.82, 2.24) is 4.72 Å².